The van der Waals surface area contributed by atoms with E-state index in [4.69, 9.17) is 14.9 Å². The fourth-order valence-corrected chi connectivity index (χ4v) is 1.06. The van der Waals surface area contributed by atoms with Crippen LogP contribution in [0.3, 0.4) is 0 Å². The summed E-state index contributed by atoms with van der Waals surface area (Å²) in [5.74, 6) is -2.28. The van der Waals surface area contributed by atoms with Crippen LogP contribution in [-0.4, -0.2) is 59.4 Å². The van der Waals surface area contributed by atoms with Crippen molar-refractivity contribution in [3.05, 3.63) is 0 Å². The van der Waals surface area contributed by atoms with Gasteiger partial charge in [-0.05, 0) is 0 Å². The molecule has 1 fully saturated rings. The number of carboxylic acid groups (broad SMARTS) is 1. The number of ether oxygens (including phenoxy) is 1. The van der Waals surface area contributed by atoms with Gasteiger partial charge in [0.25, 0.3) is 5.91 Å². The SMILES string of the molecule is O=C(O)C(O)C(=O)N1CCOCC1. The molecule has 2 N–H and O–H groups in total. The maximum absolute atomic E-state index is 11.2. The van der Waals surface area contributed by atoms with Crippen LogP contribution >= 0.6 is 0 Å². The van der Waals surface area contributed by atoms with Crippen molar-refractivity contribution < 1.29 is 24.5 Å². The van der Waals surface area contributed by atoms with E-state index in [-0.39, 0.29) is 0 Å². The second-order valence-electron chi connectivity index (χ2n) is 2.68. The lowest BCUT2D eigenvalue weighted by Crippen LogP contribution is -2.48. The molecule has 0 aliphatic carbocycles. The van der Waals surface area contributed by atoms with Gasteiger partial charge in [-0.2, -0.15) is 0 Å². The van der Waals surface area contributed by atoms with E-state index in [0.29, 0.717) is 26.3 Å². The van der Waals surface area contributed by atoms with Crippen molar-refractivity contribution in [1.82, 2.24) is 4.90 Å². The largest absolute Gasteiger partial charge is 0.479 e. The molecule has 0 aromatic rings. The van der Waals surface area contributed by atoms with E-state index in [1.807, 2.05) is 0 Å². The van der Waals surface area contributed by atoms with Gasteiger partial charge in [-0.3, -0.25) is 4.79 Å². The summed E-state index contributed by atoms with van der Waals surface area (Å²) >= 11 is 0. The molecule has 1 atom stereocenters. The van der Waals surface area contributed by atoms with Gasteiger partial charge in [0.05, 0.1) is 13.2 Å². The van der Waals surface area contributed by atoms with E-state index in [1.54, 1.807) is 0 Å². The van der Waals surface area contributed by atoms with Crippen molar-refractivity contribution in [3.8, 4) is 0 Å². The molecule has 6 heteroatoms. The number of rotatable bonds is 2. The quantitative estimate of drug-likeness (QED) is 0.505. The topological polar surface area (TPSA) is 87.1 Å². The maximum Gasteiger partial charge on any atom is 0.342 e. The van der Waals surface area contributed by atoms with Crippen LogP contribution in [0, 0.1) is 0 Å². The molecule has 1 heterocycles. The van der Waals surface area contributed by atoms with Crippen LogP contribution in [0.2, 0.25) is 0 Å². The number of nitrogens with zero attached hydrogens (tertiary/aromatic N) is 1. The highest BCUT2D eigenvalue weighted by atomic mass is 16.5. The minimum absolute atomic E-state index is 0.336. The third kappa shape index (κ3) is 2.40. The molecule has 0 bridgehead atoms. The molecular formula is C7H11NO5. The van der Waals surface area contributed by atoms with Crippen LogP contribution in [0.1, 0.15) is 0 Å². The molecule has 1 unspecified atom stereocenters. The Bertz CT molecular complexity index is 211. The summed E-state index contributed by atoms with van der Waals surface area (Å²) in [6.45, 7) is 1.45. The zero-order valence-electron chi connectivity index (χ0n) is 6.97. The number of morpholine rings is 1. The van der Waals surface area contributed by atoms with E-state index in [2.05, 4.69) is 0 Å². The van der Waals surface area contributed by atoms with Gasteiger partial charge in [0.15, 0.2) is 0 Å². The number of hydrogen-bond acceptors (Lipinski definition) is 4. The monoisotopic (exact) mass is 189 g/mol. The Morgan fingerprint density at radius 2 is 1.85 bits per heavy atom. The summed E-state index contributed by atoms with van der Waals surface area (Å²) in [4.78, 5) is 22.7. The van der Waals surface area contributed by atoms with Crippen LogP contribution in [0.15, 0.2) is 0 Å². The van der Waals surface area contributed by atoms with Crippen LogP contribution in [0.5, 0.6) is 0 Å². The van der Waals surface area contributed by atoms with Gasteiger partial charge in [0.2, 0.25) is 6.10 Å². The van der Waals surface area contributed by atoms with Crippen molar-refractivity contribution in [2.24, 2.45) is 0 Å². The Hall–Kier alpha value is -1.14. The fourth-order valence-electron chi connectivity index (χ4n) is 1.06. The summed E-state index contributed by atoms with van der Waals surface area (Å²) in [6, 6.07) is 0. The number of amides is 1. The molecule has 0 saturated carbocycles. The number of aliphatic hydroxyl groups excluding tert-OH is 1. The van der Waals surface area contributed by atoms with Gasteiger partial charge in [-0.1, -0.05) is 0 Å². The normalized spacial score (nSPS) is 19.6. The molecule has 1 saturated heterocycles. The molecule has 1 aliphatic heterocycles. The lowest BCUT2D eigenvalue weighted by atomic mass is 10.3. The van der Waals surface area contributed by atoms with Gasteiger partial charge in [0.1, 0.15) is 0 Å². The second kappa shape index (κ2) is 4.20. The molecule has 74 valence electrons. The predicted molar refractivity (Wildman–Crippen MR) is 41.0 cm³/mol. The minimum atomic E-state index is -1.95. The predicted octanol–water partition coefficient (Wildman–Crippen LogP) is -1.71. The number of aliphatic carboxylic acids is 1. The number of aliphatic hydroxyl groups is 1. The summed E-state index contributed by atoms with van der Waals surface area (Å²) < 4.78 is 4.97. The molecule has 1 rings (SSSR count). The van der Waals surface area contributed by atoms with Crippen LogP contribution in [-0.2, 0) is 14.3 Å². The molecule has 0 radical (unpaired) electrons. The summed E-state index contributed by atoms with van der Waals surface area (Å²) in [6.07, 6.45) is -1.95. The summed E-state index contributed by atoms with van der Waals surface area (Å²) in [7, 11) is 0. The molecule has 0 aromatic heterocycles. The van der Waals surface area contributed by atoms with Crippen molar-refractivity contribution in [1.29, 1.82) is 0 Å². The molecule has 6 nitrogen and oxygen atoms in total. The first-order valence-corrected chi connectivity index (χ1v) is 3.90. The fraction of sp³-hybridized carbons (Fsp3) is 0.714. The Morgan fingerprint density at radius 3 is 2.31 bits per heavy atom. The van der Waals surface area contributed by atoms with Crippen molar-refractivity contribution >= 4 is 11.9 Å². The molecule has 1 amide bonds. The Labute approximate surface area is 74.7 Å². The van der Waals surface area contributed by atoms with Crippen molar-refractivity contribution in [2.75, 3.05) is 26.3 Å². The first-order chi connectivity index (χ1) is 6.13. The maximum atomic E-state index is 11.2. The highest BCUT2D eigenvalue weighted by molar-refractivity contribution is 5.99. The molecule has 13 heavy (non-hydrogen) atoms. The lowest BCUT2D eigenvalue weighted by Gasteiger charge is -2.27. The minimum Gasteiger partial charge on any atom is -0.479 e. The van der Waals surface area contributed by atoms with Gasteiger partial charge in [-0.25, -0.2) is 4.79 Å². The number of carbonyl (C=O) groups is 2. The highest BCUT2D eigenvalue weighted by Crippen LogP contribution is 2.00. The van der Waals surface area contributed by atoms with E-state index in [0.717, 1.165) is 0 Å². The van der Waals surface area contributed by atoms with Crippen LogP contribution < -0.4 is 0 Å². The van der Waals surface area contributed by atoms with Crippen LogP contribution in [0.4, 0.5) is 0 Å². The van der Waals surface area contributed by atoms with Crippen molar-refractivity contribution in [2.45, 2.75) is 6.10 Å². The average molecular weight is 189 g/mol. The first-order valence-electron chi connectivity index (χ1n) is 3.90. The Kier molecular flexibility index (Phi) is 3.21. The highest BCUT2D eigenvalue weighted by Gasteiger charge is 2.28. The van der Waals surface area contributed by atoms with E-state index in [9.17, 15) is 9.59 Å². The standard InChI is InChI=1S/C7H11NO5/c9-5(7(11)12)6(10)8-1-3-13-4-2-8/h5,9H,1-4H2,(H,11,12). The van der Waals surface area contributed by atoms with Gasteiger partial charge in [-0.15, -0.1) is 0 Å². The van der Waals surface area contributed by atoms with Crippen molar-refractivity contribution in [3.63, 3.8) is 0 Å². The Balaban J connectivity index is 2.50. The van der Waals surface area contributed by atoms with Gasteiger partial charge < -0.3 is 19.8 Å². The number of carbonyl (C=O) groups excluding carboxylic acids is 1. The zero-order valence-corrected chi connectivity index (χ0v) is 6.97. The van der Waals surface area contributed by atoms with E-state index < -0.39 is 18.0 Å². The van der Waals surface area contributed by atoms with Gasteiger partial charge >= 0.3 is 5.97 Å². The smallest absolute Gasteiger partial charge is 0.342 e. The number of carboxylic acids is 1. The Morgan fingerprint density at radius 1 is 1.31 bits per heavy atom. The first kappa shape index (κ1) is 9.94. The summed E-state index contributed by atoms with van der Waals surface area (Å²) in [5.41, 5.74) is 0. The molecular weight excluding hydrogens is 178 g/mol. The number of hydrogen-bond donors (Lipinski definition) is 2. The van der Waals surface area contributed by atoms with E-state index >= 15 is 0 Å². The van der Waals surface area contributed by atoms with Gasteiger partial charge in [0, 0.05) is 13.1 Å². The summed E-state index contributed by atoms with van der Waals surface area (Å²) in [5, 5.41) is 17.3. The molecule has 0 aromatic carbocycles. The zero-order chi connectivity index (χ0) is 9.84. The second-order valence-corrected chi connectivity index (χ2v) is 2.68. The van der Waals surface area contributed by atoms with Crippen LogP contribution in [0.25, 0.3) is 0 Å². The molecule has 0 spiro atoms. The lowest BCUT2D eigenvalue weighted by molar-refractivity contribution is -0.159. The third-order valence-corrected chi connectivity index (χ3v) is 1.79. The third-order valence-electron chi connectivity index (χ3n) is 1.79. The van der Waals surface area contributed by atoms with E-state index in [1.165, 1.54) is 4.90 Å². The average Bonchev–Trinajstić information content (AvgIpc) is 2.17. The molecule has 1 aliphatic rings.